The molecule has 0 saturated carbocycles. The van der Waals surface area contributed by atoms with Crippen LogP contribution in [-0.4, -0.2) is 46.4 Å². The lowest BCUT2D eigenvalue weighted by Gasteiger charge is -2.31. The molecule has 0 aromatic carbocycles. The molecule has 0 radical (unpaired) electrons. The normalized spacial score (nSPS) is 31.3. The van der Waals surface area contributed by atoms with Crippen molar-refractivity contribution in [3.8, 4) is 0 Å². The number of nitrogens with one attached hydrogen (secondary N) is 1. The monoisotopic (exact) mass is 198 g/mol. The molecule has 2 fully saturated rings. The Balaban J connectivity index is 2.26. The molecule has 2 aliphatic heterocycles. The van der Waals surface area contributed by atoms with Crippen molar-refractivity contribution < 1.29 is 19.5 Å². The van der Waals surface area contributed by atoms with Crippen LogP contribution in [0, 0.1) is 0 Å². The van der Waals surface area contributed by atoms with Crippen molar-refractivity contribution in [2.75, 3.05) is 6.54 Å². The molecular formula is C8H10N2O4. The maximum absolute atomic E-state index is 11.4. The van der Waals surface area contributed by atoms with Crippen LogP contribution >= 0.6 is 0 Å². The van der Waals surface area contributed by atoms with Crippen LogP contribution in [0.3, 0.4) is 0 Å². The van der Waals surface area contributed by atoms with Gasteiger partial charge in [0.25, 0.3) is 0 Å². The van der Waals surface area contributed by atoms with Crippen LogP contribution in [0.2, 0.25) is 0 Å². The number of aliphatic carboxylic acids is 1. The third-order valence-electron chi connectivity index (χ3n) is 2.67. The fourth-order valence-corrected chi connectivity index (χ4v) is 2.03. The predicted molar refractivity (Wildman–Crippen MR) is 44.3 cm³/mol. The summed E-state index contributed by atoms with van der Waals surface area (Å²) in [5, 5.41) is 11.3. The number of carbonyl (C=O) groups excluding carboxylic acids is 2. The topological polar surface area (TPSA) is 86.7 Å². The van der Waals surface area contributed by atoms with Crippen LogP contribution in [0.25, 0.3) is 0 Å². The largest absolute Gasteiger partial charge is 0.480 e. The average Bonchev–Trinajstić information content (AvgIpc) is 2.56. The highest BCUT2D eigenvalue weighted by Gasteiger charge is 2.46. The van der Waals surface area contributed by atoms with Gasteiger partial charge in [-0.05, 0) is 12.8 Å². The Morgan fingerprint density at radius 1 is 1.43 bits per heavy atom. The smallest absolute Gasteiger partial charge is 0.326 e. The third-order valence-corrected chi connectivity index (χ3v) is 2.67. The van der Waals surface area contributed by atoms with Crippen LogP contribution in [0.5, 0.6) is 0 Å². The number of hydrogen-bond acceptors (Lipinski definition) is 3. The molecule has 2 rings (SSSR count). The first-order chi connectivity index (χ1) is 6.61. The number of carboxylic acid groups (broad SMARTS) is 1. The van der Waals surface area contributed by atoms with Gasteiger partial charge in [0.15, 0.2) is 0 Å². The number of rotatable bonds is 1. The molecular weight excluding hydrogens is 188 g/mol. The van der Waals surface area contributed by atoms with Crippen molar-refractivity contribution >= 4 is 17.8 Å². The third kappa shape index (κ3) is 1.14. The van der Waals surface area contributed by atoms with Crippen molar-refractivity contribution in [1.82, 2.24) is 10.2 Å². The Labute approximate surface area is 79.9 Å². The summed E-state index contributed by atoms with van der Waals surface area (Å²) in [5.74, 6) is -1.58. The second-order valence-corrected chi connectivity index (χ2v) is 3.47. The minimum atomic E-state index is -1.03. The van der Waals surface area contributed by atoms with E-state index in [0.29, 0.717) is 12.8 Å². The summed E-state index contributed by atoms with van der Waals surface area (Å²) < 4.78 is 0. The zero-order chi connectivity index (χ0) is 10.3. The van der Waals surface area contributed by atoms with E-state index < -0.39 is 18.1 Å². The fourth-order valence-electron chi connectivity index (χ4n) is 2.03. The van der Waals surface area contributed by atoms with Crippen molar-refractivity contribution in [3.63, 3.8) is 0 Å². The number of piperazine rings is 1. The van der Waals surface area contributed by atoms with E-state index in [0.717, 1.165) is 0 Å². The molecule has 0 bridgehead atoms. The maximum atomic E-state index is 11.4. The molecule has 6 nitrogen and oxygen atoms in total. The number of fused-ring (bicyclic) bond motifs is 1. The molecule has 0 spiro atoms. The first-order valence-corrected chi connectivity index (χ1v) is 4.43. The Morgan fingerprint density at radius 3 is 2.79 bits per heavy atom. The molecule has 2 unspecified atom stereocenters. The van der Waals surface area contributed by atoms with Crippen molar-refractivity contribution in [1.29, 1.82) is 0 Å². The second kappa shape index (κ2) is 2.97. The van der Waals surface area contributed by atoms with E-state index >= 15 is 0 Å². The Hall–Kier alpha value is -1.59. The predicted octanol–water partition coefficient (Wildman–Crippen LogP) is -1.44. The van der Waals surface area contributed by atoms with Gasteiger partial charge in [-0.25, -0.2) is 4.79 Å². The van der Waals surface area contributed by atoms with Crippen LogP contribution in [-0.2, 0) is 14.4 Å². The minimum Gasteiger partial charge on any atom is -0.480 e. The quantitative estimate of drug-likeness (QED) is 0.540. The lowest BCUT2D eigenvalue weighted by Crippen LogP contribution is -2.58. The number of carboxylic acids is 1. The molecule has 0 aromatic rings. The van der Waals surface area contributed by atoms with Gasteiger partial charge in [-0.15, -0.1) is 0 Å². The lowest BCUT2D eigenvalue weighted by atomic mass is 10.2. The van der Waals surface area contributed by atoms with Gasteiger partial charge in [-0.3, -0.25) is 9.59 Å². The standard InChI is InChI=1S/C8H10N2O4/c11-6-3-9-7(12)4-1-2-5(8(13)14)10(4)6/h4-5H,1-3H2,(H,9,12)(H,13,14). The first-order valence-electron chi connectivity index (χ1n) is 4.43. The molecule has 6 heteroatoms. The van der Waals surface area contributed by atoms with Gasteiger partial charge in [0, 0.05) is 0 Å². The molecule has 2 aliphatic rings. The van der Waals surface area contributed by atoms with E-state index in [4.69, 9.17) is 5.11 Å². The van der Waals surface area contributed by atoms with E-state index in [1.54, 1.807) is 0 Å². The van der Waals surface area contributed by atoms with Crippen molar-refractivity contribution in [2.45, 2.75) is 24.9 Å². The summed E-state index contributed by atoms with van der Waals surface area (Å²) in [6.07, 6.45) is 0.799. The summed E-state index contributed by atoms with van der Waals surface area (Å²) in [7, 11) is 0. The minimum absolute atomic E-state index is 0.0842. The number of hydrogen-bond donors (Lipinski definition) is 2. The summed E-state index contributed by atoms with van der Waals surface area (Å²) in [6.45, 7) is -0.0842. The van der Waals surface area contributed by atoms with Crippen LogP contribution in [0.4, 0.5) is 0 Å². The summed E-state index contributed by atoms with van der Waals surface area (Å²) in [5.41, 5.74) is 0. The molecule has 14 heavy (non-hydrogen) atoms. The zero-order valence-electron chi connectivity index (χ0n) is 7.40. The summed E-state index contributed by atoms with van der Waals surface area (Å²) >= 11 is 0. The lowest BCUT2D eigenvalue weighted by molar-refractivity contribution is -0.153. The van der Waals surface area contributed by atoms with Gasteiger partial charge in [-0.1, -0.05) is 0 Å². The van der Waals surface area contributed by atoms with Crippen molar-refractivity contribution in [3.05, 3.63) is 0 Å². The van der Waals surface area contributed by atoms with E-state index in [-0.39, 0.29) is 18.4 Å². The van der Waals surface area contributed by atoms with Gasteiger partial charge in [-0.2, -0.15) is 0 Å². The molecule has 2 amide bonds. The number of nitrogens with zero attached hydrogens (tertiary/aromatic N) is 1. The van der Waals surface area contributed by atoms with Crippen LogP contribution < -0.4 is 5.32 Å². The molecule has 2 atom stereocenters. The van der Waals surface area contributed by atoms with Crippen molar-refractivity contribution in [2.24, 2.45) is 0 Å². The first kappa shape index (κ1) is 8.98. The van der Waals surface area contributed by atoms with E-state index in [1.165, 1.54) is 4.90 Å². The van der Waals surface area contributed by atoms with Crippen LogP contribution in [0.15, 0.2) is 0 Å². The highest BCUT2D eigenvalue weighted by atomic mass is 16.4. The maximum Gasteiger partial charge on any atom is 0.326 e. The van der Waals surface area contributed by atoms with E-state index in [2.05, 4.69) is 5.32 Å². The Kier molecular flexibility index (Phi) is 1.90. The molecule has 2 saturated heterocycles. The highest BCUT2D eigenvalue weighted by molar-refractivity contribution is 5.97. The number of amides is 2. The fraction of sp³-hybridized carbons (Fsp3) is 0.625. The summed E-state index contributed by atoms with van der Waals surface area (Å²) in [4.78, 5) is 34.7. The SMILES string of the molecule is O=C(O)C1CCC2C(=O)NCC(=O)N12. The Morgan fingerprint density at radius 2 is 2.14 bits per heavy atom. The highest BCUT2D eigenvalue weighted by Crippen LogP contribution is 2.26. The Bertz CT molecular complexity index is 308. The van der Waals surface area contributed by atoms with Gasteiger partial charge < -0.3 is 15.3 Å². The molecule has 2 N–H and O–H groups in total. The zero-order valence-corrected chi connectivity index (χ0v) is 7.40. The van der Waals surface area contributed by atoms with E-state index in [9.17, 15) is 14.4 Å². The number of carbonyl (C=O) groups is 3. The van der Waals surface area contributed by atoms with Crippen LogP contribution in [0.1, 0.15) is 12.8 Å². The average molecular weight is 198 g/mol. The molecule has 0 aliphatic carbocycles. The summed E-state index contributed by atoms with van der Waals surface area (Å²) in [6, 6.07) is -1.39. The molecule has 0 aromatic heterocycles. The molecule has 2 heterocycles. The second-order valence-electron chi connectivity index (χ2n) is 3.47. The van der Waals surface area contributed by atoms with Gasteiger partial charge in [0.1, 0.15) is 12.1 Å². The van der Waals surface area contributed by atoms with Gasteiger partial charge >= 0.3 is 5.97 Å². The molecule has 76 valence electrons. The van der Waals surface area contributed by atoms with E-state index in [1.807, 2.05) is 0 Å². The van der Waals surface area contributed by atoms with Gasteiger partial charge in [0.2, 0.25) is 11.8 Å². The van der Waals surface area contributed by atoms with Gasteiger partial charge in [0.05, 0.1) is 6.54 Å².